The molecule has 0 saturated heterocycles. The van der Waals surface area contributed by atoms with Crippen molar-refractivity contribution in [3.8, 4) is 0 Å². The molecular weight excluding hydrogens is 250 g/mol. The summed E-state index contributed by atoms with van der Waals surface area (Å²) in [4.78, 5) is 14.9. The van der Waals surface area contributed by atoms with E-state index < -0.39 is 22.0 Å². The van der Waals surface area contributed by atoms with Gasteiger partial charge in [0.1, 0.15) is 5.25 Å². The van der Waals surface area contributed by atoms with Crippen LogP contribution in [0.2, 0.25) is 0 Å². The van der Waals surface area contributed by atoms with Crippen LogP contribution in [0.3, 0.4) is 0 Å². The molecule has 0 radical (unpaired) electrons. The first kappa shape index (κ1) is 12.7. The Labute approximate surface area is 107 Å². The SMILES string of the molecule is CC(C(=O)O)S(=O)Cc1ccc2ncccc2c1. The average molecular weight is 263 g/mol. The molecule has 2 rings (SSSR count). The van der Waals surface area contributed by atoms with Crippen molar-refractivity contribution in [2.24, 2.45) is 0 Å². The van der Waals surface area contributed by atoms with Crippen molar-refractivity contribution < 1.29 is 14.1 Å². The zero-order valence-electron chi connectivity index (χ0n) is 9.87. The molecular formula is C13H13NO3S. The fourth-order valence-corrected chi connectivity index (χ4v) is 2.60. The van der Waals surface area contributed by atoms with Crippen molar-refractivity contribution in [1.29, 1.82) is 0 Å². The topological polar surface area (TPSA) is 67.3 Å². The summed E-state index contributed by atoms with van der Waals surface area (Å²) in [5, 5.41) is 8.91. The number of carboxylic acids is 1. The molecule has 0 aliphatic heterocycles. The third kappa shape index (κ3) is 2.73. The molecule has 0 spiro atoms. The second-order valence-electron chi connectivity index (χ2n) is 4.04. The molecule has 1 aromatic carbocycles. The Morgan fingerprint density at radius 3 is 2.94 bits per heavy atom. The number of rotatable bonds is 4. The number of hydrogen-bond donors (Lipinski definition) is 1. The van der Waals surface area contributed by atoms with Gasteiger partial charge in [0, 0.05) is 28.1 Å². The van der Waals surface area contributed by atoms with Crippen LogP contribution in [0.5, 0.6) is 0 Å². The number of carbonyl (C=O) groups is 1. The van der Waals surface area contributed by atoms with Gasteiger partial charge in [-0.3, -0.25) is 14.0 Å². The van der Waals surface area contributed by atoms with E-state index in [9.17, 15) is 9.00 Å². The number of carboxylic acid groups (broad SMARTS) is 1. The highest BCUT2D eigenvalue weighted by Gasteiger charge is 2.18. The maximum Gasteiger partial charge on any atom is 0.318 e. The van der Waals surface area contributed by atoms with Crippen molar-refractivity contribution in [3.63, 3.8) is 0 Å². The number of hydrogen-bond acceptors (Lipinski definition) is 3. The lowest BCUT2D eigenvalue weighted by molar-refractivity contribution is -0.136. The number of pyridine rings is 1. The number of nitrogens with zero attached hydrogens (tertiary/aromatic N) is 1. The monoisotopic (exact) mass is 263 g/mol. The van der Waals surface area contributed by atoms with Crippen LogP contribution >= 0.6 is 0 Å². The Kier molecular flexibility index (Phi) is 3.72. The summed E-state index contributed by atoms with van der Waals surface area (Å²) >= 11 is 0. The number of aliphatic carboxylic acids is 1. The van der Waals surface area contributed by atoms with E-state index in [1.54, 1.807) is 6.20 Å². The van der Waals surface area contributed by atoms with Crippen LogP contribution in [-0.2, 0) is 21.3 Å². The molecule has 0 bridgehead atoms. The molecule has 2 atom stereocenters. The molecule has 1 heterocycles. The first-order chi connectivity index (χ1) is 8.58. The van der Waals surface area contributed by atoms with Crippen LogP contribution in [0.15, 0.2) is 36.5 Å². The predicted molar refractivity (Wildman–Crippen MR) is 70.7 cm³/mol. The smallest absolute Gasteiger partial charge is 0.318 e. The number of fused-ring (bicyclic) bond motifs is 1. The highest BCUT2D eigenvalue weighted by molar-refractivity contribution is 7.85. The highest BCUT2D eigenvalue weighted by Crippen LogP contribution is 2.15. The third-order valence-electron chi connectivity index (χ3n) is 2.72. The highest BCUT2D eigenvalue weighted by atomic mass is 32.2. The van der Waals surface area contributed by atoms with E-state index in [-0.39, 0.29) is 5.75 Å². The van der Waals surface area contributed by atoms with E-state index in [0.29, 0.717) is 0 Å². The van der Waals surface area contributed by atoms with E-state index in [4.69, 9.17) is 5.11 Å². The Bertz CT molecular complexity index is 612. The summed E-state index contributed by atoms with van der Waals surface area (Å²) in [5.74, 6) is -0.783. The molecule has 0 saturated carbocycles. The van der Waals surface area contributed by atoms with Gasteiger partial charge in [-0.1, -0.05) is 12.1 Å². The lowest BCUT2D eigenvalue weighted by atomic mass is 10.1. The Hall–Kier alpha value is -1.75. The maximum absolute atomic E-state index is 11.8. The molecule has 2 unspecified atom stereocenters. The van der Waals surface area contributed by atoms with Gasteiger partial charge in [-0.05, 0) is 30.7 Å². The Morgan fingerprint density at radius 1 is 1.44 bits per heavy atom. The largest absolute Gasteiger partial charge is 0.480 e. The second-order valence-corrected chi connectivity index (χ2v) is 5.79. The molecule has 1 aromatic heterocycles. The molecule has 0 amide bonds. The zero-order chi connectivity index (χ0) is 13.1. The minimum atomic E-state index is -1.41. The van der Waals surface area contributed by atoms with Gasteiger partial charge in [-0.25, -0.2) is 0 Å². The zero-order valence-corrected chi connectivity index (χ0v) is 10.7. The van der Waals surface area contributed by atoms with E-state index in [0.717, 1.165) is 16.5 Å². The molecule has 94 valence electrons. The van der Waals surface area contributed by atoms with Gasteiger partial charge >= 0.3 is 5.97 Å². The molecule has 1 N–H and O–H groups in total. The number of benzene rings is 1. The normalized spacial score (nSPS) is 14.3. The summed E-state index contributed by atoms with van der Waals surface area (Å²) in [6.45, 7) is 1.46. The predicted octanol–water partition coefficient (Wildman–Crippen LogP) is 1.96. The van der Waals surface area contributed by atoms with Crippen molar-refractivity contribution >= 4 is 27.7 Å². The van der Waals surface area contributed by atoms with Gasteiger partial charge in [0.25, 0.3) is 0 Å². The molecule has 0 fully saturated rings. The quantitative estimate of drug-likeness (QED) is 0.915. The van der Waals surface area contributed by atoms with E-state index in [1.807, 2.05) is 30.3 Å². The lowest BCUT2D eigenvalue weighted by Crippen LogP contribution is -2.22. The summed E-state index contributed by atoms with van der Waals surface area (Å²) in [6, 6.07) is 9.35. The van der Waals surface area contributed by atoms with Crippen LogP contribution in [0.4, 0.5) is 0 Å². The fourth-order valence-electron chi connectivity index (χ4n) is 1.62. The van der Waals surface area contributed by atoms with E-state index >= 15 is 0 Å². The first-order valence-electron chi connectivity index (χ1n) is 5.51. The van der Waals surface area contributed by atoms with Crippen molar-refractivity contribution in [2.45, 2.75) is 17.9 Å². The maximum atomic E-state index is 11.8. The van der Waals surface area contributed by atoms with Crippen LogP contribution in [0, 0.1) is 0 Å². The van der Waals surface area contributed by atoms with Gasteiger partial charge in [-0.15, -0.1) is 0 Å². The minimum absolute atomic E-state index is 0.248. The average Bonchev–Trinajstić information content (AvgIpc) is 2.37. The van der Waals surface area contributed by atoms with Crippen LogP contribution < -0.4 is 0 Å². The van der Waals surface area contributed by atoms with Gasteiger partial charge in [0.15, 0.2) is 0 Å². The van der Waals surface area contributed by atoms with Crippen LogP contribution in [0.1, 0.15) is 12.5 Å². The Morgan fingerprint density at radius 2 is 2.22 bits per heavy atom. The molecule has 0 aliphatic rings. The van der Waals surface area contributed by atoms with Gasteiger partial charge in [-0.2, -0.15) is 0 Å². The standard InChI is InChI=1S/C13H13NO3S/c1-9(13(15)16)18(17)8-10-4-5-12-11(7-10)3-2-6-14-12/h2-7,9H,8H2,1H3,(H,15,16). The van der Waals surface area contributed by atoms with Crippen LogP contribution in [-0.4, -0.2) is 25.5 Å². The Balaban J connectivity index is 2.22. The van der Waals surface area contributed by atoms with E-state index in [2.05, 4.69) is 4.98 Å². The fraction of sp³-hybridized carbons (Fsp3) is 0.231. The van der Waals surface area contributed by atoms with Crippen molar-refractivity contribution in [2.75, 3.05) is 0 Å². The molecule has 2 aromatic rings. The molecule has 5 heteroatoms. The van der Waals surface area contributed by atoms with Crippen molar-refractivity contribution in [3.05, 3.63) is 42.1 Å². The summed E-state index contributed by atoms with van der Waals surface area (Å²) in [5.41, 5.74) is 1.74. The molecule has 0 aliphatic carbocycles. The van der Waals surface area contributed by atoms with E-state index in [1.165, 1.54) is 6.92 Å². The lowest BCUT2D eigenvalue weighted by Gasteiger charge is -2.07. The first-order valence-corrected chi connectivity index (χ1v) is 6.90. The van der Waals surface area contributed by atoms with Gasteiger partial charge in [0.05, 0.1) is 5.52 Å². The van der Waals surface area contributed by atoms with Gasteiger partial charge in [0.2, 0.25) is 0 Å². The summed E-state index contributed by atoms with van der Waals surface area (Å²) in [7, 11) is -1.41. The molecule has 18 heavy (non-hydrogen) atoms. The summed E-state index contributed by atoms with van der Waals surface area (Å²) in [6.07, 6.45) is 1.71. The van der Waals surface area contributed by atoms with Crippen LogP contribution in [0.25, 0.3) is 10.9 Å². The minimum Gasteiger partial charge on any atom is -0.480 e. The van der Waals surface area contributed by atoms with Gasteiger partial charge < -0.3 is 5.11 Å². The summed E-state index contributed by atoms with van der Waals surface area (Å²) < 4.78 is 11.8. The molecule has 4 nitrogen and oxygen atoms in total. The third-order valence-corrected chi connectivity index (χ3v) is 4.33. The van der Waals surface area contributed by atoms with Crippen molar-refractivity contribution in [1.82, 2.24) is 4.98 Å². The number of aromatic nitrogens is 1. The second kappa shape index (κ2) is 5.27.